The molecule has 184 valence electrons. The monoisotopic (exact) mass is 480 g/mol. The summed E-state index contributed by atoms with van der Waals surface area (Å²) in [5.41, 5.74) is 4.93. The van der Waals surface area contributed by atoms with Crippen molar-refractivity contribution in [2.75, 3.05) is 38.2 Å². The molecule has 1 aliphatic rings. The maximum atomic E-state index is 13.1. The molecule has 0 spiro atoms. The van der Waals surface area contributed by atoms with Crippen molar-refractivity contribution in [3.63, 3.8) is 0 Å². The zero-order chi connectivity index (χ0) is 24.7. The summed E-state index contributed by atoms with van der Waals surface area (Å²) in [4.78, 5) is 25.7. The van der Waals surface area contributed by atoms with Gasteiger partial charge >= 0.3 is 0 Å². The number of methoxy groups -OCH3 is 1. The van der Waals surface area contributed by atoms with Gasteiger partial charge in [0.05, 0.1) is 18.3 Å². The minimum atomic E-state index is -0.0928. The maximum absolute atomic E-state index is 13.1. The molecule has 0 saturated carbocycles. The molecule has 3 aromatic carbocycles. The number of nitrogens with zero attached hydrogens (tertiary/aromatic N) is 3. The first-order valence-corrected chi connectivity index (χ1v) is 12.5. The van der Waals surface area contributed by atoms with Crippen molar-refractivity contribution in [1.29, 1.82) is 0 Å². The van der Waals surface area contributed by atoms with Crippen molar-refractivity contribution in [2.45, 2.75) is 19.1 Å². The number of aromatic nitrogens is 2. The fourth-order valence-corrected chi connectivity index (χ4v) is 5.00. The molecule has 1 saturated heterocycles. The number of piperazine rings is 1. The van der Waals surface area contributed by atoms with Gasteiger partial charge in [0.25, 0.3) is 5.56 Å². The quantitative estimate of drug-likeness (QED) is 0.405. The SMILES string of the molecule is COCc1nc(N2CCN(C(c3ccccc3)c3ccccc3)CC2)[nH]c(=O)c1Cc1ccccc1. The highest BCUT2D eigenvalue weighted by Crippen LogP contribution is 2.30. The summed E-state index contributed by atoms with van der Waals surface area (Å²) in [5.74, 6) is 0.625. The van der Waals surface area contributed by atoms with Crippen molar-refractivity contribution < 1.29 is 4.74 Å². The normalized spacial score (nSPS) is 14.3. The Balaban J connectivity index is 1.36. The van der Waals surface area contributed by atoms with Crippen LogP contribution in [-0.4, -0.2) is 48.2 Å². The summed E-state index contributed by atoms with van der Waals surface area (Å²) in [6, 6.07) is 31.5. The van der Waals surface area contributed by atoms with Crippen molar-refractivity contribution in [2.24, 2.45) is 0 Å². The van der Waals surface area contributed by atoms with Crippen molar-refractivity contribution in [1.82, 2.24) is 14.9 Å². The summed E-state index contributed by atoms with van der Waals surface area (Å²) < 4.78 is 5.41. The first-order valence-electron chi connectivity index (χ1n) is 12.5. The van der Waals surface area contributed by atoms with E-state index in [0.717, 1.165) is 31.7 Å². The molecule has 0 atom stereocenters. The largest absolute Gasteiger partial charge is 0.378 e. The molecule has 1 aromatic heterocycles. The summed E-state index contributed by atoms with van der Waals surface area (Å²) in [7, 11) is 1.64. The minimum Gasteiger partial charge on any atom is -0.378 e. The summed E-state index contributed by atoms with van der Waals surface area (Å²) in [6.45, 7) is 3.60. The van der Waals surface area contributed by atoms with Gasteiger partial charge in [0.1, 0.15) is 0 Å². The smallest absolute Gasteiger partial charge is 0.256 e. The fourth-order valence-electron chi connectivity index (χ4n) is 5.00. The van der Waals surface area contributed by atoms with Crippen LogP contribution in [0.5, 0.6) is 0 Å². The third-order valence-corrected chi connectivity index (χ3v) is 6.80. The average Bonchev–Trinajstić information content (AvgIpc) is 2.93. The molecule has 0 bridgehead atoms. The van der Waals surface area contributed by atoms with Gasteiger partial charge in [0.15, 0.2) is 0 Å². The molecule has 4 aromatic rings. The molecular formula is C30H32N4O2. The molecule has 0 radical (unpaired) electrons. The molecular weight excluding hydrogens is 448 g/mol. The zero-order valence-corrected chi connectivity index (χ0v) is 20.6. The van der Waals surface area contributed by atoms with E-state index in [0.29, 0.717) is 30.2 Å². The molecule has 1 fully saturated rings. The van der Waals surface area contributed by atoms with E-state index >= 15 is 0 Å². The van der Waals surface area contributed by atoms with Crippen LogP contribution in [0.3, 0.4) is 0 Å². The first-order chi connectivity index (χ1) is 17.7. The second-order valence-electron chi connectivity index (χ2n) is 9.16. The number of hydrogen-bond donors (Lipinski definition) is 1. The summed E-state index contributed by atoms with van der Waals surface area (Å²) in [6.07, 6.45) is 0.533. The van der Waals surface area contributed by atoms with Crippen LogP contribution in [0.15, 0.2) is 95.8 Å². The molecule has 36 heavy (non-hydrogen) atoms. The molecule has 2 heterocycles. The number of nitrogens with one attached hydrogen (secondary N) is 1. The van der Waals surface area contributed by atoms with Gasteiger partial charge in [0, 0.05) is 45.3 Å². The van der Waals surface area contributed by atoms with Gasteiger partial charge in [-0.15, -0.1) is 0 Å². The van der Waals surface area contributed by atoms with Crippen LogP contribution < -0.4 is 10.5 Å². The topological polar surface area (TPSA) is 61.5 Å². The highest BCUT2D eigenvalue weighted by molar-refractivity contribution is 5.37. The van der Waals surface area contributed by atoms with E-state index < -0.39 is 0 Å². The van der Waals surface area contributed by atoms with Crippen LogP contribution in [0, 0.1) is 0 Å². The van der Waals surface area contributed by atoms with E-state index in [1.807, 2.05) is 30.3 Å². The van der Waals surface area contributed by atoms with Gasteiger partial charge in [-0.3, -0.25) is 14.7 Å². The number of hydrogen-bond acceptors (Lipinski definition) is 5. The Kier molecular flexibility index (Phi) is 7.55. The lowest BCUT2D eigenvalue weighted by molar-refractivity contribution is 0.180. The molecule has 1 N–H and O–H groups in total. The minimum absolute atomic E-state index is 0.0928. The Hall–Kier alpha value is -3.74. The Labute approximate surface area is 212 Å². The number of aromatic amines is 1. The molecule has 1 aliphatic heterocycles. The predicted molar refractivity (Wildman–Crippen MR) is 143 cm³/mol. The van der Waals surface area contributed by atoms with Crippen LogP contribution in [0.25, 0.3) is 0 Å². The lowest BCUT2D eigenvalue weighted by atomic mass is 9.96. The molecule has 0 unspecified atom stereocenters. The molecule has 6 nitrogen and oxygen atoms in total. The van der Waals surface area contributed by atoms with Gasteiger partial charge in [0.2, 0.25) is 5.95 Å². The van der Waals surface area contributed by atoms with Crippen molar-refractivity contribution >= 4 is 5.95 Å². The zero-order valence-electron chi connectivity index (χ0n) is 20.6. The second kappa shape index (κ2) is 11.3. The van der Waals surface area contributed by atoms with Gasteiger partial charge in [-0.1, -0.05) is 91.0 Å². The third-order valence-electron chi connectivity index (χ3n) is 6.80. The van der Waals surface area contributed by atoms with Crippen LogP contribution >= 0.6 is 0 Å². The standard InChI is InChI=1S/C30H32N4O2/c1-36-22-27-26(21-23-11-5-2-6-12-23)29(35)32-30(31-27)34-19-17-33(18-20-34)28(24-13-7-3-8-14-24)25-15-9-4-10-16-25/h2-16,28H,17-22H2,1H3,(H,31,32,35). The maximum Gasteiger partial charge on any atom is 0.256 e. The molecule has 6 heteroatoms. The fraction of sp³-hybridized carbons (Fsp3) is 0.267. The van der Waals surface area contributed by atoms with E-state index in [4.69, 9.17) is 9.72 Å². The average molecular weight is 481 g/mol. The number of anilines is 1. The van der Waals surface area contributed by atoms with Crippen molar-refractivity contribution in [3.8, 4) is 0 Å². The number of benzene rings is 3. The van der Waals surface area contributed by atoms with E-state index in [9.17, 15) is 4.79 Å². The molecule has 0 amide bonds. The number of ether oxygens (including phenoxy) is 1. The lowest BCUT2D eigenvalue weighted by Gasteiger charge is -2.40. The number of rotatable bonds is 8. The third kappa shape index (κ3) is 5.40. The Bertz CT molecular complexity index is 1260. The van der Waals surface area contributed by atoms with Crippen LogP contribution in [0.1, 0.15) is 34.0 Å². The highest BCUT2D eigenvalue weighted by atomic mass is 16.5. The van der Waals surface area contributed by atoms with E-state index in [1.54, 1.807) is 7.11 Å². The summed E-state index contributed by atoms with van der Waals surface area (Å²) >= 11 is 0. The second-order valence-corrected chi connectivity index (χ2v) is 9.16. The molecule has 5 rings (SSSR count). The number of H-pyrrole nitrogens is 1. The van der Waals surface area contributed by atoms with Gasteiger partial charge < -0.3 is 9.64 Å². The lowest BCUT2D eigenvalue weighted by Crippen LogP contribution is -2.49. The van der Waals surface area contributed by atoms with E-state index in [-0.39, 0.29) is 11.6 Å². The van der Waals surface area contributed by atoms with Gasteiger partial charge in [-0.2, -0.15) is 0 Å². The van der Waals surface area contributed by atoms with Crippen LogP contribution in [0.4, 0.5) is 5.95 Å². The van der Waals surface area contributed by atoms with Gasteiger partial charge in [-0.05, 0) is 16.7 Å². The molecule has 0 aliphatic carbocycles. The van der Waals surface area contributed by atoms with Gasteiger partial charge in [-0.25, -0.2) is 4.98 Å². The van der Waals surface area contributed by atoms with Crippen LogP contribution in [0.2, 0.25) is 0 Å². The Morgan fingerprint density at radius 3 is 1.94 bits per heavy atom. The van der Waals surface area contributed by atoms with E-state index in [1.165, 1.54) is 11.1 Å². The van der Waals surface area contributed by atoms with Crippen LogP contribution in [-0.2, 0) is 17.8 Å². The predicted octanol–water partition coefficient (Wildman–Crippen LogP) is 4.42. The Morgan fingerprint density at radius 2 is 1.39 bits per heavy atom. The van der Waals surface area contributed by atoms with E-state index in [2.05, 4.69) is 75.4 Å². The first kappa shape index (κ1) is 24.0. The summed E-state index contributed by atoms with van der Waals surface area (Å²) in [5, 5.41) is 0. The highest BCUT2D eigenvalue weighted by Gasteiger charge is 2.27. The Morgan fingerprint density at radius 1 is 0.833 bits per heavy atom. The van der Waals surface area contributed by atoms with Crippen molar-refractivity contribution in [3.05, 3.63) is 129 Å².